The predicted octanol–water partition coefficient (Wildman–Crippen LogP) is 2.97. The minimum atomic E-state index is -0.843. The molecule has 0 spiro atoms. The van der Waals surface area contributed by atoms with Crippen molar-refractivity contribution in [1.29, 1.82) is 0 Å². The summed E-state index contributed by atoms with van der Waals surface area (Å²) in [6, 6.07) is 8.97. The Labute approximate surface area is 166 Å². The van der Waals surface area contributed by atoms with E-state index in [-0.39, 0.29) is 5.69 Å². The predicted molar refractivity (Wildman–Crippen MR) is 109 cm³/mol. The molecule has 0 atom stereocenters. The van der Waals surface area contributed by atoms with E-state index < -0.39 is 11.4 Å². The Morgan fingerprint density at radius 2 is 1.82 bits per heavy atom. The number of aromatic nitrogens is 3. The summed E-state index contributed by atoms with van der Waals surface area (Å²) in [6.45, 7) is 8.09. The smallest absolute Gasteiger partial charge is 0.289 e. The van der Waals surface area contributed by atoms with Crippen LogP contribution in [0, 0.1) is 19.7 Å². The highest BCUT2D eigenvalue weighted by atomic mass is 32.1. The summed E-state index contributed by atoms with van der Waals surface area (Å²) in [5.41, 5.74) is 1.06. The Balaban J connectivity index is 1.50. The summed E-state index contributed by atoms with van der Waals surface area (Å²) in [5, 5.41) is 1.09. The summed E-state index contributed by atoms with van der Waals surface area (Å²) in [7, 11) is 0. The minimum absolute atomic E-state index is 0.0949. The Hall–Kier alpha value is -2.58. The number of aromatic amines is 1. The number of halogens is 1. The van der Waals surface area contributed by atoms with E-state index in [1.165, 1.54) is 4.88 Å². The molecule has 0 unspecified atom stereocenters. The van der Waals surface area contributed by atoms with Crippen molar-refractivity contribution in [2.75, 3.05) is 31.1 Å². The van der Waals surface area contributed by atoms with Crippen LogP contribution in [0.1, 0.15) is 15.6 Å². The van der Waals surface area contributed by atoms with Crippen LogP contribution in [0.25, 0.3) is 11.3 Å². The lowest BCUT2D eigenvalue weighted by molar-refractivity contribution is 0.250. The van der Waals surface area contributed by atoms with Crippen LogP contribution in [0.4, 0.5) is 10.3 Å². The van der Waals surface area contributed by atoms with Gasteiger partial charge in [-0.3, -0.25) is 14.7 Å². The molecular weight excluding hydrogens is 377 g/mol. The topological polar surface area (TPSA) is 65.1 Å². The first-order chi connectivity index (χ1) is 13.5. The number of nitrogens with one attached hydrogen (secondary N) is 1. The SMILES string of the molecule is Cc1nc(C)c(CN2CCN(c3nc(-c4ccccc4)c(F)c(=O)[nH]3)CC2)s1. The number of thiazole rings is 1. The van der Waals surface area contributed by atoms with Crippen molar-refractivity contribution >= 4 is 17.3 Å². The fraction of sp³-hybridized carbons (Fsp3) is 0.350. The molecule has 0 saturated carbocycles. The Morgan fingerprint density at radius 1 is 1.11 bits per heavy atom. The molecule has 1 fully saturated rings. The molecule has 1 N–H and O–H groups in total. The number of H-pyrrole nitrogens is 1. The van der Waals surface area contributed by atoms with E-state index in [4.69, 9.17) is 0 Å². The lowest BCUT2D eigenvalue weighted by atomic mass is 10.1. The molecular formula is C20H22FN5OS. The van der Waals surface area contributed by atoms with Gasteiger partial charge in [-0.25, -0.2) is 9.97 Å². The number of aryl methyl sites for hydroxylation is 2. The van der Waals surface area contributed by atoms with Crippen molar-refractivity contribution in [1.82, 2.24) is 19.9 Å². The van der Waals surface area contributed by atoms with Crippen LogP contribution in [0.3, 0.4) is 0 Å². The summed E-state index contributed by atoms with van der Waals surface area (Å²) in [5.74, 6) is -0.417. The number of hydrogen-bond acceptors (Lipinski definition) is 6. The number of rotatable bonds is 4. The van der Waals surface area contributed by atoms with Crippen molar-refractivity contribution in [2.24, 2.45) is 0 Å². The van der Waals surface area contributed by atoms with Crippen LogP contribution in [0.5, 0.6) is 0 Å². The molecule has 1 aliphatic heterocycles. The molecule has 4 rings (SSSR count). The van der Waals surface area contributed by atoms with Gasteiger partial charge in [0.1, 0.15) is 5.69 Å². The number of anilines is 1. The molecule has 2 aromatic heterocycles. The lowest BCUT2D eigenvalue weighted by Gasteiger charge is -2.34. The van der Waals surface area contributed by atoms with Crippen molar-refractivity contribution in [3.05, 3.63) is 62.1 Å². The number of piperazine rings is 1. The number of hydrogen-bond donors (Lipinski definition) is 1. The average Bonchev–Trinajstić information content (AvgIpc) is 3.02. The molecule has 8 heteroatoms. The van der Waals surface area contributed by atoms with Crippen molar-refractivity contribution in [2.45, 2.75) is 20.4 Å². The standard InChI is InChI=1S/C20H22FN5OS/c1-13-16(28-14(2)22-13)12-25-8-10-26(11-9-25)20-23-18(17(21)19(27)24-20)15-6-4-3-5-7-15/h3-7H,8-12H2,1-2H3,(H,23,24,27). The zero-order valence-corrected chi connectivity index (χ0v) is 16.7. The second-order valence-corrected chi connectivity index (χ2v) is 8.21. The fourth-order valence-corrected chi connectivity index (χ4v) is 4.40. The Kier molecular flexibility index (Phi) is 5.23. The molecule has 3 heterocycles. The maximum Gasteiger partial charge on any atom is 0.289 e. The van der Waals surface area contributed by atoms with Gasteiger partial charge in [0.15, 0.2) is 0 Å². The number of benzene rings is 1. The highest BCUT2D eigenvalue weighted by Crippen LogP contribution is 2.22. The quantitative estimate of drug-likeness (QED) is 0.731. The summed E-state index contributed by atoms with van der Waals surface area (Å²) in [6.07, 6.45) is 0. The highest BCUT2D eigenvalue weighted by Gasteiger charge is 2.22. The zero-order valence-electron chi connectivity index (χ0n) is 15.9. The van der Waals surface area contributed by atoms with Crippen molar-refractivity contribution < 1.29 is 4.39 Å². The van der Waals surface area contributed by atoms with Gasteiger partial charge in [0.25, 0.3) is 5.56 Å². The van der Waals surface area contributed by atoms with Crippen LogP contribution >= 0.6 is 11.3 Å². The third-order valence-corrected chi connectivity index (χ3v) is 5.99. The van der Waals surface area contributed by atoms with Gasteiger partial charge in [-0.15, -0.1) is 11.3 Å². The first kappa shape index (κ1) is 18.8. The van der Waals surface area contributed by atoms with E-state index in [0.717, 1.165) is 43.4 Å². The Bertz CT molecular complexity index is 1020. The average molecular weight is 399 g/mol. The largest absolute Gasteiger partial charge is 0.340 e. The van der Waals surface area contributed by atoms with Gasteiger partial charge in [-0.2, -0.15) is 4.39 Å². The summed E-state index contributed by atoms with van der Waals surface area (Å²) < 4.78 is 14.3. The van der Waals surface area contributed by atoms with Crippen LogP contribution in [0.15, 0.2) is 35.1 Å². The van der Waals surface area contributed by atoms with Crippen LogP contribution < -0.4 is 10.5 Å². The molecule has 0 aliphatic carbocycles. The van der Waals surface area contributed by atoms with Gasteiger partial charge < -0.3 is 4.90 Å². The minimum Gasteiger partial charge on any atom is -0.340 e. The van der Waals surface area contributed by atoms with Crippen molar-refractivity contribution in [3.8, 4) is 11.3 Å². The second kappa shape index (κ2) is 7.81. The van der Waals surface area contributed by atoms with Crippen molar-refractivity contribution in [3.63, 3.8) is 0 Å². The first-order valence-corrected chi connectivity index (χ1v) is 10.1. The van der Waals surface area contributed by atoms with Gasteiger partial charge in [0.2, 0.25) is 11.8 Å². The molecule has 1 saturated heterocycles. The van der Waals surface area contributed by atoms with E-state index in [2.05, 4.69) is 19.9 Å². The number of nitrogens with zero attached hydrogens (tertiary/aromatic N) is 4. The monoisotopic (exact) mass is 399 g/mol. The van der Waals surface area contributed by atoms with E-state index in [9.17, 15) is 9.18 Å². The van der Waals surface area contributed by atoms with Crippen LogP contribution in [-0.4, -0.2) is 46.0 Å². The molecule has 6 nitrogen and oxygen atoms in total. The summed E-state index contributed by atoms with van der Waals surface area (Å²) in [4.78, 5) is 29.3. The maximum atomic E-state index is 14.3. The third kappa shape index (κ3) is 3.83. The maximum absolute atomic E-state index is 14.3. The second-order valence-electron chi connectivity index (χ2n) is 6.92. The van der Waals surface area contributed by atoms with Gasteiger partial charge >= 0.3 is 0 Å². The normalized spacial score (nSPS) is 15.2. The van der Waals surface area contributed by atoms with Crippen LogP contribution in [0.2, 0.25) is 0 Å². The van der Waals surface area contributed by atoms with Gasteiger partial charge in [-0.1, -0.05) is 30.3 Å². The first-order valence-electron chi connectivity index (χ1n) is 9.26. The molecule has 28 heavy (non-hydrogen) atoms. The molecule has 3 aromatic rings. The van der Waals surface area contributed by atoms with Gasteiger partial charge in [-0.05, 0) is 13.8 Å². The molecule has 0 radical (unpaired) electrons. The summed E-state index contributed by atoms with van der Waals surface area (Å²) >= 11 is 1.74. The highest BCUT2D eigenvalue weighted by molar-refractivity contribution is 7.11. The van der Waals surface area contributed by atoms with E-state index in [1.807, 2.05) is 24.8 Å². The van der Waals surface area contributed by atoms with Gasteiger partial charge in [0, 0.05) is 43.2 Å². The third-order valence-electron chi connectivity index (χ3n) is 4.94. The molecule has 0 bridgehead atoms. The fourth-order valence-electron chi connectivity index (χ4n) is 3.43. The van der Waals surface area contributed by atoms with E-state index in [1.54, 1.807) is 35.6 Å². The van der Waals surface area contributed by atoms with Gasteiger partial charge in [0.05, 0.1) is 10.7 Å². The lowest BCUT2D eigenvalue weighted by Crippen LogP contribution is -2.47. The molecule has 146 valence electrons. The molecule has 0 amide bonds. The Morgan fingerprint density at radius 3 is 2.46 bits per heavy atom. The zero-order chi connectivity index (χ0) is 19.7. The molecule has 1 aliphatic rings. The van der Waals surface area contributed by atoms with E-state index >= 15 is 0 Å². The van der Waals surface area contributed by atoms with E-state index in [0.29, 0.717) is 11.5 Å². The van der Waals surface area contributed by atoms with Crippen LogP contribution in [-0.2, 0) is 6.54 Å². The molecule has 1 aromatic carbocycles.